The Morgan fingerprint density at radius 3 is 2.77 bits per heavy atom. The van der Waals surface area contributed by atoms with Crippen LogP contribution in [0.2, 0.25) is 0 Å². The lowest BCUT2D eigenvalue weighted by atomic mass is 10.2. The fourth-order valence-electron chi connectivity index (χ4n) is 1.02. The quantitative estimate of drug-likeness (QED) is 0.729. The zero-order valence-electron chi connectivity index (χ0n) is 8.07. The first-order chi connectivity index (χ1) is 6.20. The van der Waals surface area contributed by atoms with E-state index >= 15 is 0 Å². The molecule has 3 heteroatoms. The Bertz CT molecular complexity index is 236. The molecule has 1 heterocycles. The lowest BCUT2D eigenvalue weighted by Gasteiger charge is -2.13. The number of hydrogen-bond acceptors (Lipinski definition) is 3. The number of nitrogens with zero attached hydrogens (tertiary/aromatic N) is 1. The average Bonchev–Trinajstić information content (AvgIpc) is 2.15. The van der Waals surface area contributed by atoms with Crippen LogP contribution in [0.15, 0.2) is 24.4 Å². The molecule has 0 saturated heterocycles. The van der Waals surface area contributed by atoms with Gasteiger partial charge in [-0.2, -0.15) is 0 Å². The van der Waals surface area contributed by atoms with Gasteiger partial charge >= 0.3 is 0 Å². The van der Waals surface area contributed by atoms with Gasteiger partial charge in [0.05, 0.1) is 5.69 Å². The fourth-order valence-corrected chi connectivity index (χ4v) is 1.02. The van der Waals surface area contributed by atoms with Crippen molar-refractivity contribution in [2.75, 3.05) is 6.54 Å². The molecule has 0 aliphatic heterocycles. The van der Waals surface area contributed by atoms with Crippen molar-refractivity contribution >= 4 is 0 Å². The molecule has 0 aliphatic rings. The van der Waals surface area contributed by atoms with Gasteiger partial charge in [-0.05, 0) is 12.1 Å². The van der Waals surface area contributed by atoms with Crippen LogP contribution >= 0.6 is 0 Å². The van der Waals surface area contributed by atoms with E-state index < -0.39 is 6.10 Å². The Morgan fingerprint density at radius 1 is 1.46 bits per heavy atom. The zero-order valence-corrected chi connectivity index (χ0v) is 8.07. The van der Waals surface area contributed by atoms with Crippen molar-refractivity contribution in [3.8, 4) is 0 Å². The number of aromatic nitrogens is 1. The minimum Gasteiger partial charge on any atom is -0.385 e. The van der Waals surface area contributed by atoms with E-state index in [2.05, 4.69) is 10.3 Å². The second-order valence-electron chi connectivity index (χ2n) is 3.33. The van der Waals surface area contributed by atoms with Gasteiger partial charge in [-0.1, -0.05) is 19.9 Å². The first kappa shape index (κ1) is 10.2. The largest absolute Gasteiger partial charge is 0.385 e. The average molecular weight is 180 g/mol. The summed E-state index contributed by atoms with van der Waals surface area (Å²) in [6.45, 7) is 4.64. The molecular formula is C10H16N2O. The van der Waals surface area contributed by atoms with Crippen LogP contribution in [0.5, 0.6) is 0 Å². The van der Waals surface area contributed by atoms with Crippen molar-refractivity contribution in [1.29, 1.82) is 0 Å². The summed E-state index contributed by atoms with van der Waals surface area (Å²) in [6, 6.07) is 5.93. The van der Waals surface area contributed by atoms with E-state index in [9.17, 15) is 5.11 Å². The number of pyridine rings is 1. The highest BCUT2D eigenvalue weighted by molar-refractivity contribution is 5.06. The molecule has 0 spiro atoms. The van der Waals surface area contributed by atoms with Gasteiger partial charge in [-0.25, -0.2) is 0 Å². The van der Waals surface area contributed by atoms with Crippen LogP contribution in [0.25, 0.3) is 0 Å². The summed E-state index contributed by atoms with van der Waals surface area (Å²) >= 11 is 0. The van der Waals surface area contributed by atoms with E-state index in [-0.39, 0.29) is 0 Å². The standard InChI is InChI=1S/C10H16N2O/c1-8(2)12-7-10(13)9-5-3-4-6-11-9/h3-6,8,10,12-13H,7H2,1-2H3. The first-order valence-corrected chi connectivity index (χ1v) is 4.52. The number of aliphatic hydroxyl groups excluding tert-OH is 1. The minimum absolute atomic E-state index is 0.387. The molecule has 0 amide bonds. The van der Waals surface area contributed by atoms with Crippen molar-refractivity contribution in [3.05, 3.63) is 30.1 Å². The van der Waals surface area contributed by atoms with Crippen molar-refractivity contribution in [2.45, 2.75) is 26.0 Å². The Kier molecular flexibility index (Phi) is 3.86. The molecule has 0 bridgehead atoms. The molecule has 1 rings (SSSR count). The molecule has 0 aliphatic carbocycles. The van der Waals surface area contributed by atoms with Gasteiger partial charge in [0.25, 0.3) is 0 Å². The summed E-state index contributed by atoms with van der Waals surface area (Å²) in [5.74, 6) is 0. The summed E-state index contributed by atoms with van der Waals surface area (Å²) < 4.78 is 0. The maximum atomic E-state index is 9.64. The van der Waals surface area contributed by atoms with Crippen LogP contribution in [-0.4, -0.2) is 22.7 Å². The molecule has 3 nitrogen and oxygen atoms in total. The highest BCUT2D eigenvalue weighted by Crippen LogP contribution is 2.06. The van der Waals surface area contributed by atoms with E-state index in [1.54, 1.807) is 6.20 Å². The summed E-state index contributed by atoms with van der Waals surface area (Å²) in [7, 11) is 0. The van der Waals surface area contributed by atoms with Crippen LogP contribution in [-0.2, 0) is 0 Å². The van der Waals surface area contributed by atoms with Gasteiger partial charge in [-0.3, -0.25) is 4.98 Å². The van der Waals surface area contributed by atoms with Gasteiger partial charge in [0.1, 0.15) is 6.10 Å². The Balaban J connectivity index is 2.44. The van der Waals surface area contributed by atoms with E-state index in [1.165, 1.54) is 0 Å². The normalized spacial score (nSPS) is 13.2. The van der Waals surface area contributed by atoms with Crippen LogP contribution in [0.3, 0.4) is 0 Å². The van der Waals surface area contributed by atoms with Crippen molar-refractivity contribution in [1.82, 2.24) is 10.3 Å². The van der Waals surface area contributed by atoms with Crippen LogP contribution in [0.4, 0.5) is 0 Å². The lowest BCUT2D eigenvalue weighted by molar-refractivity contribution is 0.167. The van der Waals surface area contributed by atoms with Crippen LogP contribution in [0.1, 0.15) is 25.6 Å². The molecule has 13 heavy (non-hydrogen) atoms. The topological polar surface area (TPSA) is 45.1 Å². The highest BCUT2D eigenvalue weighted by Gasteiger charge is 2.07. The minimum atomic E-state index is -0.511. The maximum absolute atomic E-state index is 9.64. The first-order valence-electron chi connectivity index (χ1n) is 4.52. The van der Waals surface area contributed by atoms with Crippen molar-refractivity contribution in [3.63, 3.8) is 0 Å². The molecule has 1 aromatic rings. The molecule has 0 aromatic carbocycles. The molecule has 0 radical (unpaired) electrons. The SMILES string of the molecule is CC(C)NCC(O)c1ccccn1. The molecule has 1 atom stereocenters. The van der Waals surface area contributed by atoms with E-state index in [1.807, 2.05) is 32.0 Å². The van der Waals surface area contributed by atoms with Crippen LogP contribution < -0.4 is 5.32 Å². The Labute approximate surface area is 78.8 Å². The third kappa shape index (κ3) is 3.53. The molecular weight excluding hydrogens is 164 g/mol. The summed E-state index contributed by atoms with van der Waals surface area (Å²) in [5, 5.41) is 12.8. The van der Waals surface area contributed by atoms with Crippen LogP contribution in [0, 0.1) is 0 Å². The second-order valence-corrected chi connectivity index (χ2v) is 3.33. The highest BCUT2D eigenvalue weighted by atomic mass is 16.3. The van der Waals surface area contributed by atoms with Gasteiger partial charge < -0.3 is 10.4 Å². The molecule has 2 N–H and O–H groups in total. The molecule has 1 aromatic heterocycles. The molecule has 72 valence electrons. The molecule has 1 unspecified atom stereocenters. The Hall–Kier alpha value is -0.930. The molecule has 0 saturated carbocycles. The Morgan fingerprint density at radius 2 is 2.23 bits per heavy atom. The molecule has 0 fully saturated rings. The maximum Gasteiger partial charge on any atom is 0.108 e. The fraction of sp³-hybridized carbons (Fsp3) is 0.500. The second kappa shape index (κ2) is 4.94. The number of rotatable bonds is 4. The predicted molar refractivity (Wildman–Crippen MR) is 52.3 cm³/mol. The number of nitrogens with one attached hydrogen (secondary N) is 1. The zero-order chi connectivity index (χ0) is 9.68. The van der Waals surface area contributed by atoms with Gasteiger partial charge in [0, 0.05) is 18.8 Å². The van der Waals surface area contributed by atoms with E-state index in [0.717, 1.165) is 5.69 Å². The predicted octanol–water partition coefficient (Wildman–Crippen LogP) is 1.11. The van der Waals surface area contributed by atoms with E-state index in [4.69, 9.17) is 0 Å². The monoisotopic (exact) mass is 180 g/mol. The smallest absolute Gasteiger partial charge is 0.108 e. The summed E-state index contributed by atoms with van der Waals surface area (Å²) in [5.41, 5.74) is 0.718. The number of hydrogen-bond donors (Lipinski definition) is 2. The number of aliphatic hydroxyl groups is 1. The summed E-state index contributed by atoms with van der Waals surface area (Å²) in [6.07, 6.45) is 1.18. The van der Waals surface area contributed by atoms with Gasteiger partial charge in [0.2, 0.25) is 0 Å². The van der Waals surface area contributed by atoms with Gasteiger partial charge in [0.15, 0.2) is 0 Å². The van der Waals surface area contributed by atoms with Crippen molar-refractivity contribution < 1.29 is 5.11 Å². The summed E-state index contributed by atoms with van der Waals surface area (Å²) in [4.78, 5) is 4.07. The van der Waals surface area contributed by atoms with E-state index in [0.29, 0.717) is 12.6 Å². The third-order valence-electron chi connectivity index (χ3n) is 1.75. The lowest BCUT2D eigenvalue weighted by Crippen LogP contribution is -2.28. The third-order valence-corrected chi connectivity index (χ3v) is 1.75. The van der Waals surface area contributed by atoms with Gasteiger partial charge in [-0.15, -0.1) is 0 Å². The van der Waals surface area contributed by atoms with Crippen molar-refractivity contribution in [2.24, 2.45) is 0 Å².